The number of esters is 1. The van der Waals surface area contributed by atoms with Crippen LogP contribution in [0.2, 0.25) is 0 Å². The van der Waals surface area contributed by atoms with Crippen LogP contribution in [0.4, 0.5) is 4.79 Å². The van der Waals surface area contributed by atoms with E-state index in [1.807, 2.05) is 0 Å². The maximum atomic E-state index is 12.9. The van der Waals surface area contributed by atoms with Crippen LogP contribution in [0.3, 0.4) is 0 Å². The molecular formula is C26H42N4O6S. The number of carbonyl (C=O) groups is 3. The molecule has 0 saturated heterocycles. The standard InChI is InChI=1S/C26H42N4O6S/c1-8-9-18(16(2)14-28-17(3)31)12-19-21(29-24(33)36-26(4,5)6)13-20(23(32)34-7)22(19)35-25(37)30-11-10-27-15-30/h10-11,15-16,18-22H,8-9,12-14H2,1-7H3,(H,28,31)(H,29,33)/t16?,18-,19+,20?,21+,22?/m0/s1. The molecule has 1 aliphatic carbocycles. The summed E-state index contributed by atoms with van der Waals surface area (Å²) in [6.45, 7) is 11.6. The molecule has 1 heterocycles. The Labute approximate surface area is 225 Å². The van der Waals surface area contributed by atoms with Gasteiger partial charge in [0, 0.05) is 37.8 Å². The van der Waals surface area contributed by atoms with Gasteiger partial charge in [-0.3, -0.25) is 14.2 Å². The minimum atomic E-state index is -0.670. The van der Waals surface area contributed by atoms with Crippen molar-refractivity contribution in [2.75, 3.05) is 13.7 Å². The van der Waals surface area contributed by atoms with E-state index in [1.165, 1.54) is 20.4 Å². The summed E-state index contributed by atoms with van der Waals surface area (Å²) in [4.78, 5) is 41.2. The van der Waals surface area contributed by atoms with Crippen molar-refractivity contribution in [2.45, 2.75) is 85.0 Å². The maximum Gasteiger partial charge on any atom is 0.407 e. The zero-order valence-electron chi connectivity index (χ0n) is 23.0. The number of thiocarbonyl (C=S) groups is 1. The van der Waals surface area contributed by atoms with Gasteiger partial charge in [0.25, 0.3) is 5.17 Å². The van der Waals surface area contributed by atoms with Crippen molar-refractivity contribution in [3.63, 3.8) is 0 Å². The molecule has 0 aliphatic heterocycles. The van der Waals surface area contributed by atoms with E-state index in [1.54, 1.807) is 37.7 Å². The molecule has 10 nitrogen and oxygen atoms in total. The van der Waals surface area contributed by atoms with Crippen LogP contribution in [0.5, 0.6) is 0 Å². The summed E-state index contributed by atoms with van der Waals surface area (Å²) < 4.78 is 18.5. The fraction of sp³-hybridized carbons (Fsp3) is 0.731. The molecule has 1 aliphatic rings. The van der Waals surface area contributed by atoms with E-state index in [0.717, 1.165) is 12.8 Å². The summed E-state index contributed by atoms with van der Waals surface area (Å²) in [6, 6.07) is -0.401. The summed E-state index contributed by atoms with van der Waals surface area (Å²) >= 11 is 5.51. The van der Waals surface area contributed by atoms with E-state index in [2.05, 4.69) is 29.5 Å². The molecule has 2 rings (SSSR count). The Kier molecular flexibility index (Phi) is 11.3. The molecule has 0 aromatic carbocycles. The van der Waals surface area contributed by atoms with Gasteiger partial charge in [-0.2, -0.15) is 0 Å². The first kappa shape index (κ1) is 30.5. The molecule has 0 spiro atoms. The molecule has 3 unspecified atom stereocenters. The van der Waals surface area contributed by atoms with E-state index in [0.29, 0.717) is 19.4 Å². The number of ether oxygens (including phenoxy) is 3. The summed E-state index contributed by atoms with van der Waals surface area (Å²) in [5.74, 6) is -1.02. The predicted molar refractivity (Wildman–Crippen MR) is 143 cm³/mol. The van der Waals surface area contributed by atoms with Crippen LogP contribution in [0, 0.1) is 23.7 Å². The molecule has 0 radical (unpaired) electrons. The van der Waals surface area contributed by atoms with Gasteiger partial charge in [-0.25, -0.2) is 9.78 Å². The second-order valence-corrected chi connectivity index (χ2v) is 11.1. The molecule has 1 saturated carbocycles. The fourth-order valence-corrected chi connectivity index (χ4v) is 5.17. The smallest absolute Gasteiger partial charge is 0.407 e. The van der Waals surface area contributed by atoms with Crippen molar-refractivity contribution in [2.24, 2.45) is 23.7 Å². The fourth-order valence-electron chi connectivity index (χ4n) is 4.96. The van der Waals surface area contributed by atoms with Crippen LogP contribution >= 0.6 is 12.2 Å². The minimum Gasteiger partial charge on any atom is -0.469 e. The normalized spacial score (nSPS) is 23.0. The van der Waals surface area contributed by atoms with E-state index in [4.69, 9.17) is 26.4 Å². The lowest BCUT2D eigenvalue weighted by molar-refractivity contribution is -0.148. The van der Waals surface area contributed by atoms with Gasteiger partial charge in [0.05, 0.1) is 13.0 Å². The van der Waals surface area contributed by atoms with Crippen molar-refractivity contribution in [3.8, 4) is 0 Å². The lowest BCUT2D eigenvalue weighted by atomic mass is 9.79. The summed E-state index contributed by atoms with van der Waals surface area (Å²) in [6.07, 6.45) is 6.46. The molecule has 208 valence electrons. The van der Waals surface area contributed by atoms with Gasteiger partial charge in [-0.05, 0) is 57.7 Å². The lowest BCUT2D eigenvalue weighted by Crippen LogP contribution is -2.44. The third-order valence-corrected chi connectivity index (χ3v) is 7.02. The highest BCUT2D eigenvalue weighted by Crippen LogP contribution is 2.41. The van der Waals surface area contributed by atoms with E-state index in [9.17, 15) is 14.4 Å². The van der Waals surface area contributed by atoms with Crippen molar-refractivity contribution in [1.29, 1.82) is 0 Å². The van der Waals surface area contributed by atoms with E-state index < -0.39 is 35.7 Å². The van der Waals surface area contributed by atoms with Crippen LogP contribution < -0.4 is 10.6 Å². The van der Waals surface area contributed by atoms with Gasteiger partial charge >= 0.3 is 12.1 Å². The number of imidazole rings is 1. The summed E-state index contributed by atoms with van der Waals surface area (Å²) in [5, 5.41) is 6.06. The highest BCUT2D eigenvalue weighted by molar-refractivity contribution is 7.80. The average molecular weight is 539 g/mol. The topological polar surface area (TPSA) is 121 Å². The number of alkyl carbamates (subject to hydrolysis) is 1. The first-order valence-corrected chi connectivity index (χ1v) is 13.3. The predicted octanol–water partition coefficient (Wildman–Crippen LogP) is 3.68. The zero-order chi connectivity index (χ0) is 27.8. The first-order chi connectivity index (χ1) is 17.4. The Morgan fingerprint density at radius 1 is 1.27 bits per heavy atom. The van der Waals surface area contributed by atoms with Gasteiger partial charge < -0.3 is 24.8 Å². The largest absolute Gasteiger partial charge is 0.469 e. The molecule has 2 N–H and O–H groups in total. The number of hydrogen-bond donors (Lipinski definition) is 2. The molecule has 1 aromatic heterocycles. The molecule has 0 bridgehead atoms. The number of aromatic nitrogens is 2. The SMILES string of the molecule is CCC[C@@H](C[C@H]1C(OC(=S)n2ccnc2)C(C(=O)OC)C[C@H]1NC(=O)OC(C)(C)C)C(C)CNC(C)=O. The van der Waals surface area contributed by atoms with E-state index in [-0.39, 0.29) is 28.8 Å². The summed E-state index contributed by atoms with van der Waals surface area (Å²) in [7, 11) is 1.34. The van der Waals surface area contributed by atoms with Crippen LogP contribution in [0.15, 0.2) is 18.7 Å². The van der Waals surface area contributed by atoms with Gasteiger partial charge in [0.15, 0.2) is 0 Å². The Morgan fingerprint density at radius 2 is 1.97 bits per heavy atom. The van der Waals surface area contributed by atoms with Crippen molar-refractivity contribution >= 4 is 35.4 Å². The molecule has 1 aromatic rings. The maximum absolute atomic E-state index is 12.9. The zero-order valence-corrected chi connectivity index (χ0v) is 23.8. The molecule has 1 fully saturated rings. The van der Waals surface area contributed by atoms with Crippen molar-refractivity contribution in [1.82, 2.24) is 20.2 Å². The molecule has 37 heavy (non-hydrogen) atoms. The minimum absolute atomic E-state index is 0.0786. The highest BCUT2D eigenvalue weighted by Gasteiger charge is 2.50. The van der Waals surface area contributed by atoms with Crippen LogP contribution in [0.25, 0.3) is 0 Å². The summed E-state index contributed by atoms with van der Waals surface area (Å²) in [5.41, 5.74) is -0.670. The third kappa shape index (κ3) is 9.28. The number of nitrogens with zero attached hydrogens (tertiary/aromatic N) is 2. The van der Waals surface area contributed by atoms with Gasteiger partial charge in [0.2, 0.25) is 5.91 Å². The Bertz CT molecular complexity index is 917. The number of methoxy groups -OCH3 is 1. The number of nitrogens with one attached hydrogen (secondary N) is 2. The molecule has 6 atom stereocenters. The molecule has 11 heteroatoms. The Hall–Kier alpha value is -2.69. The quantitative estimate of drug-likeness (QED) is 0.342. The Morgan fingerprint density at radius 3 is 2.51 bits per heavy atom. The van der Waals surface area contributed by atoms with Crippen molar-refractivity contribution < 1.29 is 28.6 Å². The van der Waals surface area contributed by atoms with Crippen LogP contribution in [-0.4, -0.2) is 64.1 Å². The average Bonchev–Trinajstić information content (AvgIpc) is 3.45. The molecule has 2 amide bonds. The first-order valence-electron chi connectivity index (χ1n) is 12.9. The lowest BCUT2D eigenvalue weighted by Gasteiger charge is -2.33. The monoisotopic (exact) mass is 538 g/mol. The van der Waals surface area contributed by atoms with Crippen LogP contribution in [-0.2, 0) is 23.8 Å². The third-order valence-electron chi connectivity index (χ3n) is 6.71. The van der Waals surface area contributed by atoms with Gasteiger partial charge in [0.1, 0.15) is 18.0 Å². The van der Waals surface area contributed by atoms with E-state index >= 15 is 0 Å². The number of hydrogen-bond acceptors (Lipinski definition) is 8. The van der Waals surface area contributed by atoms with Gasteiger partial charge in [-0.1, -0.05) is 26.7 Å². The number of carbonyl (C=O) groups excluding carboxylic acids is 3. The highest BCUT2D eigenvalue weighted by atomic mass is 32.1. The molecular weight excluding hydrogens is 496 g/mol. The second-order valence-electron chi connectivity index (χ2n) is 10.8. The van der Waals surface area contributed by atoms with Crippen LogP contribution in [0.1, 0.15) is 67.2 Å². The second kappa shape index (κ2) is 13.7. The van der Waals surface area contributed by atoms with Crippen molar-refractivity contribution in [3.05, 3.63) is 18.7 Å². The number of rotatable bonds is 10. The van der Waals surface area contributed by atoms with Gasteiger partial charge in [-0.15, -0.1) is 0 Å². The Balaban J connectivity index is 2.39. The number of amides is 2.